The van der Waals surface area contributed by atoms with Gasteiger partial charge in [0.1, 0.15) is 17.5 Å². The van der Waals surface area contributed by atoms with Gasteiger partial charge in [-0.25, -0.2) is 13.2 Å². The minimum absolute atomic E-state index is 0.396. The quantitative estimate of drug-likeness (QED) is 0.124. The molecular formula is C49H31F3Si. The van der Waals surface area contributed by atoms with Crippen molar-refractivity contribution in [1.29, 1.82) is 0 Å². The van der Waals surface area contributed by atoms with Gasteiger partial charge in [-0.1, -0.05) is 146 Å². The number of fused-ring (bicyclic) bond motifs is 10. The third-order valence-corrected chi connectivity index (χ3v) is 16.2. The molecule has 0 bridgehead atoms. The molecule has 0 atom stereocenters. The number of halogens is 3. The van der Waals surface area contributed by atoms with E-state index in [0.717, 1.165) is 16.3 Å². The molecule has 0 amide bonds. The normalized spacial score (nSPS) is 13.3. The lowest BCUT2D eigenvalue weighted by atomic mass is 9.70. The van der Waals surface area contributed by atoms with Crippen LogP contribution in [0.3, 0.4) is 0 Å². The van der Waals surface area contributed by atoms with E-state index >= 15 is 13.2 Å². The first-order valence-electron chi connectivity index (χ1n) is 17.8. The van der Waals surface area contributed by atoms with E-state index in [-0.39, 0.29) is 0 Å². The lowest BCUT2D eigenvalue weighted by molar-refractivity contribution is 0.629. The number of hydrogen-bond acceptors (Lipinski definition) is 0. The van der Waals surface area contributed by atoms with Crippen molar-refractivity contribution in [2.24, 2.45) is 0 Å². The predicted molar refractivity (Wildman–Crippen MR) is 212 cm³/mol. The van der Waals surface area contributed by atoms with E-state index in [4.69, 9.17) is 0 Å². The van der Waals surface area contributed by atoms with Gasteiger partial charge < -0.3 is 0 Å². The summed E-state index contributed by atoms with van der Waals surface area (Å²) in [7, 11) is -3.40. The van der Waals surface area contributed by atoms with E-state index < -0.39 is 30.9 Å². The summed E-state index contributed by atoms with van der Waals surface area (Å²) in [5, 5.41) is 3.01. The molecular weight excluding hydrogens is 674 g/mol. The second kappa shape index (κ2) is 11.9. The fourth-order valence-electron chi connectivity index (χ4n) is 9.35. The Hall–Kier alpha value is -6.23. The third kappa shape index (κ3) is 4.49. The Kier molecular flexibility index (Phi) is 7.08. The average molecular weight is 705 g/mol. The van der Waals surface area contributed by atoms with Crippen LogP contribution in [0.5, 0.6) is 0 Å². The zero-order chi connectivity index (χ0) is 35.7. The second-order valence-electron chi connectivity index (χ2n) is 14.0. The van der Waals surface area contributed by atoms with Crippen LogP contribution in [0.1, 0.15) is 22.3 Å². The summed E-state index contributed by atoms with van der Waals surface area (Å²) in [5.74, 6) is -1.19. The van der Waals surface area contributed by atoms with Crippen molar-refractivity contribution in [1.82, 2.24) is 0 Å². The van der Waals surface area contributed by atoms with Gasteiger partial charge in [0.2, 0.25) is 0 Å². The number of rotatable bonds is 5. The SMILES string of the molecule is Fc1cccc([Si](c2ccc(-c3ccc4c(c3)C3(c5ccccc5-c5ccccc53)c3ccccc3-4)cc2)(c2cccc(F)c2)c2cccc(F)c2)c1. The molecule has 0 unspecified atom stereocenters. The van der Waals surface area contributed by atoms with Crippen LogP contribution < -0.4 is 20.7 Å². The highest BCUT2D eigenvalue weighted by molar-refractivity contribution is 7.19. The van der Waals surface area contributed by atoms with Crippen LogP contribution in [0.25, 0.3) is 33.4 Å². The summed E-state index contributed by atoms with van der Waals surface area (Å²) in [5.41, 5.74) is 11.7. The van der Waals surface area contributed by atoms with Gasteiger partial charge in [-0.3, -0.25) is 0 Å². The first-order chi connectivity index (χ1) is 26.0. The van der Waals surface area contributed by atoms with Crippen molar-refractivity contribution in [3.63, 3.8) is 0 Å². The summed E-state index contributed by atoms with van der Waals surface area (Å²) in [6, 6.07) is 60.9. The van der Waals surface area contributed by atoms with E-state index in [9.17, 15) is 0 Å². The summed E-state index contributed by atoms with van der Waals surface area (Å²) < 4.78 is 45.2. The van der Waals surface area contributed by atoms with Crippen molar-refractivity contribution >= 4 is 28.8 Å². The molecule has 8 aromatic carbocycles. The van der Waals surface area contributed by atoms with Crippen LogP contribution in [0.2, 0.25) is 0 Å². The van der Waals surface area contributed by atoms with Crippen LogP contribution >= 0.6 is 0 Å². The zero-order valence-corrected chi connectivity index (χ0v) is 29.5. The van der Waals surface area contributed by atoms with Crippen LogP contribution in [-0.2, 0) is 5.41 Å². The van der Waals surface area contributed by atoms with Gasteiger partial charge >= 0.3 is 0 Å². The van der Waals surface area contributed by atoms with E-state index in [2.05, 4.69) is 115 Å². The van der Waals surface area contributed by atoms with Crippen LogP contribution in [0, 0.1) is 17.5 Å². The minimum atomic E-state index is -3.40. The lowest BCUT2D eigenvalue weighted by Gasteiger charge is -2.34. The van der Waals surface area contributed by atoms with Gasteiger partial charge in [0, 0.05) is 0 Å². The molecule has 1 spiro atoms. The zero-order valence-electron chi connectivity index (χ0n) is 28.5. The van der Waals surface area contributed by atoms with Crippen molar-refractivity contribution < 1.29 is 13.2 Å². The molecule has 0 nitrogen and oxygen atoms in total. The van der Waals surface area contributed by atoms with Gasteiger partial charge in [0.25, 0.3) is 0 Å². The van der Waals surface area contributed by atoms with E-state index in [1.165, 1.54) is 80.9 Å². The number of hydrogen-bond donors (Lipinski definition) is 0. The minimum Gasteiger partial charge on any atom is -0.207 e. The van der Waals surface area contributed by atoms with Crippen LogP contribution in [0.15, 0.2) is 188 Å². The Labute approximate surface area is 307 Å². The van der Waals surface area contributed by atoms with Crippen molar-refractivity contribution in [3.8, 4) is 33.4 Å². The molecule has 0 aromatic heterocycles. The maximum Gasteiger partial charge on any atom is 0.179 e. The molecule has 252 valence electrons. The second-order valence-corrected chi connectivity index (χ2v) is 17.8. The van der Waals surface area contributed by atoms with Gasteiger partial charge in [0.15, 0.2) is 8.07 Å². The highest BCUT2D eigenvalue weighted by Gasteiger charge is 2.51. The van der Waals surface area contributed by atoms with Crippen LogP contribution in [0.4, 0.5) is 13.2 Å². The maximum atomic E-state index is 15.1. The highest BCUT2D eigenvalue weighted by atomic mass is 28.3. The van der Waals surface area contributed by atoms with Gasteiger partial charge in [0.05, 0.1) is 5.41 Å². The third-order valence-electron chi connectivity index (χ3n) is 11.4. The molecule has 2 aliphatic carbocycles. The molecule has 2 aliphatic rings. The Morgan fingerprint density at radius 3 is 1.13 bits per heavy atom. The summed E-state index contributed by atoms with van der Waals surface area (Å²) in [4.78, 5) is 0. The molecule has 0 saturated carbocycles. The fraction of sp³-hybridized carbons (Fsp3) is 0.0204. The molecule has 53 heavy (non-hydrogen) atoms. The Morgan fingerprint density at radius 1 is 0.302 bits per heavy atom. The standard InChI is InChI=1S/C49H31F3Si/c50-34-10-7-13-38(29-34)53(39-14-8-11-35(51)30-39,40-15-9-12-36(52)31-40)37-25-22-32(23-26-37)33-24-27-44-43-18-3-6-21-47(43)49(48(44)28-33)45-19-4-1-16-41(45)42-17-2-5-20-46(42)49/h1-31H. The summed E-state index contributed by atoms with van der Waals surface area (Å²) in [6.07, 6.45) is 0. The van der Waals surface area contributed by atoms with Crippen molar-refractivity contribution in [2.75, 3.05) is 0 Å². The molecule has 10 rings (SSSR count). The van der Waals surface area contributed by atoms with E-state index in [0.29, 0.717) is 15.6 Å². The monoisotopic (exact) mass is 704 g/mol. The molecule has 0 heterocycles. The smallest absolute Gasteiger partial charge is 0.179 e. The average Bonchev–Trinajstić information content (AvgIpc) is 3.66. The Bertz CT molecular complexity index is 2560. The van der Waals surface area contributed by atoms with E-state index in [1.54, 1.807) is 18.2 Å². The Balaban J connectivity index is 1.18. The van der Waals surface area contributed by atoms with Gasteiger partial charge in [-0.05, 0) is 119 Å². The first-order valence-corrected chi connectivity index (χ1v) is 19.8. The van der Waals surface area contributed by atoms with Gasteiger partial charge in [-0.2, -0.15) is 0 Å². The van der Waals surface area contributed by atoms with Crippen molar-refractivity contribution in [3.05, 3.63) is 228 Å². The van der Waals surface area contributed by atoms with Gasteiger partial charge in [-0.15, -0.1) is 0 Å². The Morgan fingerprint density at radius 2 is 0.698 bits per heavy atom. The number of benzene rings is 8. The molecule has 0 N–H and O–H groups in total. The van der Waals surface area contributed by atoms with Crippen molar-refractivity contribution in [2.45, 2.75) is 5.41 Å². The topological polar surface area (TPSA) is 0 Å². The first kappa shape index (κ1) is 31.5. The molecule has 0 radical (unpaired) electrons. The van der Waals surface area contributed by atoms with E-state index in [1.807, 2.05) is 18.2 Å². The van der Waals surface area contributed by atoms with Crippen LogP contribution in [-0.4, -0.2) is 8.07 Å². The molecule has 0 fully saturated rings. The molecule has 8 aromatic rings. The summed E-state index contributed by atoms with van der Waals surface area (Å²) >= 11 is 0. The highest BCUT2D eigenvalue weighted by Crippen LogP contribution is 2.62. The molecule has 0 aliphatic heterocycles. The maximum absolute atomic E-state index is 15.1. The molecule has 0 saturated heterocycles. The largest absolute Gasteiger partial charge is 0.207 e. The molecule has 4 heteroatoms. The lowest BCUT2D eigenvalue weighted by Crippen LogP contribution is -2.75. The predicted octanol–water partition coefficient (Wildman–Crippen LogP) is 9.49. The fourth-order valence-corrected chi connectivity index (χ4v) is 14.1. The summed E-state index contributed by atoms with van der Waals surface area (Å²) in [6.45, 7) is 0.